The molecule has 0 saturated heterocycles. The van der Waals surface area contributed by atoms with Crippen molar-refractivity contribution < 1.29 is 0 Å². The largest absolute Gasteiger partial charge is 0.309 e. The highest BCUT2D eigenvalue weighted by molar-refractivity contribution is 6.03. The van der Waals surface area contributed by atoms with Gasteiger partial charge in [0, 0.05) is 16.8 Å². The van der Waals surface area contributed by atoms with Crippen molar-refractivity contribution in [1.82, 2.24) is 0 Å². The molecule has 0 bridgehead atoms. The molecule has 1 nitrogen and oxygen atoms in total. The third kappa shape index (κ3) is 6.50. The van der Waals surface area contributed by atoms with Crippen LogP contribution < -0.4 is 4.90 Å². The van der Waals surface area contributed by atoms with Crippen LogP contribution in [0.4, 0.5) is 17.1 Å². The lowest BCUT2D eigenvalue weighted by Gasteiger charge is -2.31. The normalized spacial score (nSPS) is 11.3. The van der Waals surface area contributed by atoms with Gasteiger partial charge in [0.1, 0.15) is 0 Å². The van der Waals surface area contributed by atoms with Gasteiger partial charge >= 0.3 is 0 Å². The van der Waals surface area contributed by atoms with Gasteiger partial charge < -0.3 is 4.90 Å². The summed E-state index contributed by atoms with van der Waals surface area (Å²) in [4.78, 5) is 2.47. The first-order valence-corrected chi connectivity index (χ1v) is 19.2. The molecule has 0 spiro atoms. The van der Waals surface area contributed by atoms with Crippen molar-refractivity contribution in [3.8, 4) is 44.5 Å². The minimum atomic E-state index is 1.07. The lowest BCUT2D eigenvalue weighted by molar-refractivity contribution is 1.28. The molecular formula is C55H41N. The molecule has 9 rings (SSSR count). The van der Waals surface area contributed by atoms with Crippen molar-refractivity contribution in [2.75, 3.05) is 4.90 Å². The molecule has 0 radical (unpaired) electrons. The number of nitrogens with zero attached hydrogens (tertiary/aromatic N) is 1. The standard InChI is InChI=1S/C55H41N/c1-3-4-19-43-38-52(51-30-14-13-28-48(51)39(43)2)45-26-17-27-47(37-45)56(53-32-16-15-29-49(53)46-35-34-40-20-11-12-25-44(40)36-46)54-33-18-31-50(41-21-7-5-8-22-41)55(54)42-23-9-6-10-24-42/h3-38H,1H2,2H3/b19-4-. The van der Waals surface area contributed by atoms with Crippen molar-refractivity contribution in [2.45, 2.75) is 6.92 Å². The number of anilines is 3. The molecule has 0 aliphatic carbocycles. The SMILES string of the molecule is C=C/C=C\c1cc(-c2cccc(N(c3ccccc3-c3ccc4ccccc4c3)c3cccc(-c4ccccc4)c3-c3ccccc3)c2)c2ccccc2c1C. The van der Waals surface area contributed by atoms with Crippen LogP contribution in [0.15, 0.2) is 219 Å². The summed E-state index contributed by atoms with van der Waals surface area (Å²) in [6.07, 6.45) is 6.02. The van der Waals surface area contributed by atoms with Gasteiger partial charge in [0.25, 0.3) is 0 Å². The van der Waals surface area contributed by atoms with Crippen LogP contribution in [0.3, 0.4) is 0 Å². The molecule has 266 valence electrons. The van der Waals surface area contributed by atoms with Crippen LogP contribution in [0.2, 0.25) is 0 Å². The minimum absolute atomic E-state index is 1.07. The molecule has 0 aliphatic rings. The Labute approximate surface area is 329 Å². The highest BCUT2D eigenvalue weighted by Gasteiger charge is 2.23. The molecule has 0 heterocycles. The fourth-order valence-electron chi connectivity index (χ4n) is 8.11. The first kappa shape index (κ1) is 34.5. The summed E-state index contributed by atoms with van der Waals surface area (Å²) < 4.78 is 0. The molecule has 1 heteroatoms. The predicted octanol–water partition coefficient (Wildman–Crippen LogP) is 15.6. The lowest BCUT2D eigenvalue weighted by Crippen LogP contribution is -2.13. The van der Waals surface area contributed by atoms with E-state index in [1.165, 1.54) is 60.5 Å². The van der Waals surface area contributed by atoms with E-state index in [2.05, 4.69) is 225 Å². The Kier molecular flexibility index (Phi) is 9.41. The monoisotopic (exact) mass is 715 g/mol. The van der Waals surface area contributed by atoms with Gasteiger partial charge in [0.15, 0.2) is 0 Å². The Morgan fingerprint density at radius 3 is 1.84 bits per heavy atom. The maximum atomic E-state index is 3.94. The van der Waals surface area contributed by atoms with E-state index in [1.807, 2.05) is 12.2 Å². The van der Waals surface area contributed by atoms with Crippen LogP contribution in [0, 0.1) is 6.92 Å². The van der Waals surface area contributed by atoms with Gasteiger partial charge in [-0.2, -0.15) is 0 Å². The van der Waals surface area contributed by atoms with Gasteiger partial charge in [0.2, 0.25) is 0 Å². The maximum absolute atomic E-state index is 3.94. The lowest BCUT2D eigenvalue weighted by atomic mass is 9.90. The van der Waals surface area contributed by atoms with Crippen molar-refractivity contribution in [2.24, 2.45) is 0 Å². The fourth-order valence-corrected chi connectivity index (χ4v) is 8.11. The molecule has 0 N–H and O–H groups in total. The van der Waals surface area contributed by atoms with Gasteiger partial charge in [0.05, 0.1) is 11.4 Å². The van der Waals surface area contributed by atoms with Crippen molar-refractivity contribution >= 4 is 44.7 Å². The van der Waals surface area contributed by atoms with Crippen molar-refractivity contribution in [3.63, 3.8) is 0 Å². The van der Waals surface area contributed by atoms with Crippen LogP contribution >= 0.6 is 0 Å². The Balaban J connectivity index is 1.34. The summed E-state index contributed by atoms with van der Waals surface area (Å²) in [5.41, 5.74) is 15.1. The molecule has 0 fully saturated rings. The molecular weight excluding hydrogens is 675 g/mol. The number of benzene rings is 9. The third-order valence-corrected chi connectivity index (χ3v) is 10.8. The number of aryl methyl sites for hydroxylation is 1. The third-order valence-electron chi connectivity index (χ3n) is 10.8. The Hall–Kier alpha value is -7.22. The number of para-hydroxylation sites is 1. The van der Waals surface area contributed by atoms with Crippen LogP contribution in [0.5, 0.6) is 0 Å². The minimum Gasteiger partial charge on any atom is -0.309 e. The van der Waals surface area contributed by atoms with Crippen LogP contribution in [-0.4, -0.2) is 0 Å². The number of hydrogen-bond donors (Lipinski definition) is 0. The molecule has 9 aromatic carbocycles. The van der Waals surface area contributed by atoms with Crippen molar-refractivity contribution in [1.29, 1.82) is 0 Å². The second-order valence-corrected chi connectivity index (χ2v) is 14.2. The smallest absolute Gasteiger partial charge is 0.0546 e. The quantitative estimate of drug-likeness (QED) is 0.135. The summed E-state index contributed by atoms with van der Waals surface area (Å²) in [7, 11) is 0. The molecule has 0 amide bonds. The van der Waals surface area contributed by atoms with E-state index in [0.29, 0.717) is 0 Å². The second kappa shape index (κ2) is 15.3. The summed E-state index contributed by atoms with van der Waals surface area (Å²) in [5, 5.41) is 4.93. The van der Waals surface area contributed by atoms with E-state index >= 15 is 0 Å². The summed E-state index contributed by atoms with van der Waals surface area (Å²) in [6.45, 7) is 6.15. The van der Waals surface area contributed by atoms with Crippen LogP contribution in [-0.2, 0) is 0 Å². The molecule has 9 aromatic rings. The van der Waals surface area contributed by atoms with E-state index in [-0.39, 0.29) is 0 Å². The predicted molar refractivity (Wildman–Crippen MR) is 242 cm³/mol. The molecule has 0 aromatic heterocycles. The summed E-state index contributed by atoms with van der Waals surface area (Å²) in [5.74, 6) is 0. The van der Waals surface area contributed by atoms with Gasteiger partial charge in [-0.15, -0.1) is 0 Å². The summed E-state index contributed by atoms with van der Waals surface area (Å²) in [6, 6.07) is 72.7. The van der Waals surface area contributed by atoms with Gasteiger partial charge in [-0.25, -0.2) is 0 Å². The molecule has 0 saturated carbocycles. The molecule has 0 aliphatic heterocycles. The zero-order valence-electron chi connectivity index (χ0n) is 31.4. The second-order valence-electron chi connectivity index (χ2n) is 14.2. The number of hydrogen-bond acceptors (Lipinski definition) is 1. The van der Waals surface area contributed by atoms with E-state index in [4.69, 9.17) is 0 Å². The van der Waals surface area contributed by atoms with E-state index < -0.39 is 0 Å². The van der Waals surface area contributed by atoms with E-state index in [0.717, 1.165) is 33.8 Å². The van der Waals surface area contributed by atoms with Crippen LogP contribution in [0.1, 0.15) is 11.1 Å². The van der Waals surface area contributed by atoms with Crippen LogP contribution in [0.25, 0.3) is 72.1 Å². The number of allylic oxidation sites excluding steroid dienone is 2. The van der Waals surface area contributed by atoms with Crippen molar-refractivity contribution in [3.05, 3.63) is 230 Å². The van der Waals surface area contributed by atoms with Gasteiger partial charge in [-0.1, -0.05) is 189 Å². The zero-order valence-corrected chi connectivity index (χ0v) is 31.4. The Morgan fingerprint density at radius 1 is 0.429 bits per heavy atom. The average Bonchev–Trinajstić information content (AvgIpc) is 3.27. The maximum Gasteiger partial charge on any atom is 0.0546 e. The van der Waals surface area contributed by atoms with Gasteiger partial charge in [-0.05, 0) is 109 Å². The van der Waals surface area contributed by atoms with E-state index in [1.54, 1.807) is 0 Å². The fraction of sp³-hybridized carbons (Fsp3) is 0.0182. The molecule has 0 unspecified atom stereocenters. The highest BCUT2D eigenvalue weighted by Crippen LogP contribution is 2.48. The first-order chi connectivity index (χ1) is 27.7. The highest BCUT2D eigenvalue weighted by atomic mass is 15.1. The summed E-state index contributed by atoms with van der Waals surface area (Å²) >= 11 is 0. The number of rotatable bonds is 9. The number of fused-ring (bicyclic) bond motifs is 2. The molecule has 56 heavy (non-hydrogen) atoms. The Bertz CT molecular complexity index is 2880. The average molecular weight is 716 g/mol. The van der Waals surface area contributed by atoms with E-state index in [9.17, 15) is 0 Å². The topological polar surface area (TPSA) is 3.24 Å². The van der Waals surface area contributed by atoms with Gasteiger partial charge in [-0.3, -0.25) is 0 Å². The zero-order chi connectivity index (χ0) is 37.8. The first-order valence-electron chi connectivity index (χ1n) is 19.2. The molecule has 0 atom stereocenters. The Morgan fingerprint density at radius 2 is 1.04 bits per heavy atom.